The third-order valence-corrected chi connectivity index (χ3v) is 1.91. The van der Waals surface area contributed by atoms with Gasteiger partial charge in [0.05, 0.1) is 5.56 Å². The molecule has 5 heteroatoms. The summed E-state index contributed by atoms with van der Waals surface area (Å²) in [6.45, 7) is 2.03. The summed E-state index contributed by atoms with van der Waals surface area (Å²) < 4.78 is 42.5. The molecule has 0 saturated heterocycles. The van der Waals surface area contributed by atoms with E-state index in [1.165, 1.54) is 12.1 Å². The number of allylic oxidation sites excluding steroid dienone is 1. The molecule has 1 aromatic carbocycles. The minimum absolute atomic E-state index is 0.152. The van der Waals surface area contributed by atoms with Gasteiger partial charge < -0.3 is 10.5 Å². The Morgan fingerprint density at radius 1 is 1.38 bits per heavy atom. The molecule has 88 valence electrons. The lowest BCUT2D eigenvalue weighted by Gasteiger charge is -2.11. The highest BCUT2D eigenvalue weighted by atomic mass is 19.4. The van der Waals surface area contributed by atoms with Crippen LogP contribution in [0.15, 0.2) is 30.4 Å². The first-order valence-corrected chi connectivity index (χ1v) is 4.66. The molecular weight excluding hydrogens is 219 g/mol. The van der Waals surface area contributed by atoms with Crippen LogP contribution in [0.3, 0.4) is 0 Å². The molecule has 0 unspecified atom stereocenters. The SMILES string of the molecule is CC=CCOc1ccc(N)c(C(F)(F)F)c1. The van der Waals surface area contributed by atoms with Crippen LogP contribution < -0.4 is 10.5 Å². The molecule has 1 rings (SSSR count). The second kappa shape index (κ2) is 4.92. The zero-order chi connectivity index (χ0) is 12.2. The minimum Gasteiger partial charge on any atom is -0.490 e. The van der Waals surface area contributed by atoms with E-state index in [-0.39, 0.29) is 18.0 Å². The fourth-order valence-corrected chi connectivity index (χ4v) is 1.11. The van der Waals surface area contributed by atoms with Crippen molar-refractivity contribution in [1.29, 1.82) is 0 Å². The van der Waals surface area contributed by atoms with Crippen molar-refractivity contribution < 1.29 is 17.9 Å². The number of halogens is 3. The van der Waals surface area contributed by atoms with E-state index in [0.717, 1.165) is 6.07 Å². The normalized spacial score (nSPS) is 12.0. The van der Waals surface area contributed by atoms with E-state index in [9.17, 15) is 13.2 Å². The zero-order valence-electron chi connectivity index (χ0n) is 8.71. The molecule has 0 amide bonds. The van der Waals surface area contributed by atoms with E-state index in [2.05, 4.69) is 0 Å². The number of hydrogen-bond donors (Lipinski definition) is 1. The highest BCUT2D eigenvalue weighted by Crippen LogP contribution is 2.35. The minimum atomic E-state index is -4.45. The van der Waals surface area contributed by atoms with Crippen LogP contribution in [0.5, 0.6) is 5.75 Å². The standard InChI is InChI=1S/C11H12F3NO/c1-2-3-6-16-8-4-5-10(15)9(7-8)11(12,13)14/h2-5,7H,6,15H2,1H3. The Bertz CT molecular complexity index is 385. The van der Waals surface area contributed by atoms with E-state index < -0.39 is 11.7 Å². The van der Waals surface area contributed by atoms with Gasteiger partial charge in [-0.2, -0.15) is 13.2 Å². The maximum Gasteiger partial charge on any atom is 0.418 e. The van der Waals surface area contributed by atoms with Gasteiger partial charge in [-0.25, -0.2) is 0 Å². The van der Waals surface area contributed by atoms with Gasteiger partial charge in [-0.3, -0.25) is 0 Å². The van der Waals surface area contributed by atoms with Gasteiger partial charge in [0.25, 0.3) is 0 Å². The lowest BCUT2D eigenvalue weighted by molar-refractivity contribution is -0.137. The molecular formula is C11H12F3NO. The second-order valence-corrected chi connectivity index (χ2v) is 3.13. The fourth-order valence-electron chi connectivity index (χ4n) is 1.11. The first-order valence-electron chi connectivity index (χ1n) is 4.66. The van der Waals surface area contributed by atoms with E-state index >= 15 is 0 Å². The number of ether oxygens (including phenoxy) is 1. The zero-order valence-corrected chi connectivity index (χ0v) is 8.71. The Kier molecular flexibility index (Phi) is 3.82. The highest BCUT2D eigenvalue weighted by molar-refractivity contribution is 5.51. The molecule has 0 spiro atoms. The summed E-state index contributed by atoms with van der Waals surface area (Å²) in [6.07, 6.45) is -1.00. The largest absolute Gasteiger partial charge is 0.490 e. The molecule has 2 N–H and O–H groups in total. The molecule has 0 aromatic heterocycles. The van der Waals surface area contributed by atoms with E-state index in [0.29, 0.717) is 0 Å². The number of anilines is 1. The second-order valence-electron chi connectivity index (χ2n) is 3.13. The van der Waals surface area contributed by atoms with Crippen molar-refractivity contribution in [2.45, 2.75) is 13.1 Å². The Morgan fingerprint density at radius 2 is 2.06 bits per heavy atom. The molecule has 0 bridgehead atoms. The van der Waals surface area contributed by atoms with Crippen LogP contribution in [0.25, 0.3) is 0 Å². The Morgan fingerprint density at radius 3 is 2.62 bits per heavy atom. The lowest BCUT2D eigenvalue weighted by Crippen LogP contribution is -2.09. The summed E-state index contributed by atoms with van der Waals surface area (Å²) in [6, 6.07) is 3.50. The number of hydrogen-bond acceptors (Lipinski definition) is 2. The van der Waals surface area contributed by atoms with E-state index in [4.69, 9.17) is 10.5 Å². The van der Waals surface area contributed by atoms with Crippen molar-refractivity contribution in [1.82, 2.24) is 0 Å². The van der Waals surface area contributed by atoms with Gasteiger partial charge in [0.2, 0.25) is 0 Å². The van der Waals surface area contributed by atoms with Gasteiger partial charge in [0, 0.05) is 5.69 Å². The molecule has 0 fully saturated rings. The Labute approximate surface area is 91.5 Å². The monoisotopic (exact) mass is 231 g/mol. The van der Waals surface area contributed by atoms with Crippen molar-refractivity contribution in [3.63, 3.8) is 0 Å². The van der Waals surface area contributed by atoms with Crippen LogP contribution >= 0.6 is 0 Å². The molecule has 1 aromatic rings. The number of benzene rings is 1. The summed E-state index contributed by atoms with van der Waals surface area (Å²) >= 11 is 0. The molecule has 0 atom stereocenters. The van der Waals surface area contributed by atoms with Crippen LogP contribution in [-0.4, -0.2) is 6.61 Å². The van der Waals surface area contributed by atoms with Gasteiger partial charge in [-0.1, -0.05) is 12.2 Å². The molecule has 0 heterocycles. The Balaban J connectivity index is 2.90. The number of alkyl halides is 3. The highest BCUT2D eigenvalue weighted by Gasteiger charge is 2.33. The lowest BCUT2D eigenvalue weighted by atomic mass is 10.1. The maximum atomic E-state index is 12.5. The first kappa shape index (κ1) is 12.4. The number of nitrogen functional groups attached to an aromatic ring is 1. The van der Waals surface area contributed by atoms with Crippen molar-refractivity contribution in [3.8, 4) is 5.75 Å². The Hall–Kier alpha value is -1.65. The maximum absolute atomic E-state index is 12.5. The van der Waals surface area contributed by atoms with E-state index in [1.54, 1.807) is 19.1 Å². The molecule has 0 saturated carbocycles. The predicted molar refractivity (Wildman–Crippen MR) is 56.2 cm³/mol. The smallest absolute Gasteiger partial charge is 0.418 e. The van der Waals surface area contributed by atoms with Gasteiger partial charge in [-0.15, -0.1) is 0 Å². The topological polar surface area (TPSA) is 35.2 Å². The van der Waals surface area contributed by atoms with Crippen LogP contribution in [0, 0.1) is 0 Å². The van der Waals surface area contributed by atoms with Crippen molar-refractivity contribution in [2.75, 3.05) is 12.3 Å². The molecule has 0 aliphatic carbocycles. The van der Waals surface area contributed by atoms with Crippen molar-refractivity contribution >= 4 is 5.69 Å². The van der Waals surface area contributed by atoms with E-state index in [1.807, 2.05) is 0 Å². The quantitative estimate of drug-likeness (QED) is 0.640. The van der Waals surface area contributed by atoms with Gasteiger partial charge in [0.15, 0.2) is 0 Å². The first-order chi connectivity index (χ1) is 7.45. The van der Waals surface area contributed by atoms with Gasteiger partial charge in [0.1, 0.15) is 12.4 Å². The summed E-state index contributed by atoms with van der Waals surface area (Å²) in [5, 5.41) is 0. The average molecular weight is 231 g/mol. The molecule has 0 aliphatic rings. The summed E-state index contributed by atoms with van der Waals surface area (Å²) in [7, 11) is 0. The van der Waals surface area contributed by atoms with Gasteiger partial charge in [-0.05, 0) is 25.1 Å². The van der Waals surface area contributed by atoms with Gasteiger partial charge >= 0.3 is 6.18 Å². The average Bonchev–Trinajstić information content (AvgIpc) is 2.19. The molecule has 2 nitrogen and oxygen atoms in total. The molecule has 16 heavy (non-hydrogen) atoms. The number of rotatable bonds is 3. The summed E-state index contributed by atoms with van der Waals surface area (Å²) in [5.74, 6) is 0.152. The van der Waals surface area contributed by atoms with Crippen molar-refractivity contribution in [3.05, 3.63) is 35.9 Å². The predicted octanol–water partition coefficient (Wildman–Crippen LogP) is 3.24. The third kappa shape index (κ3) is 3.18. The summed E-state index contributed by atoms with van der Waals surface area (Å²) in [5.41, 5.74) is 4.07. The van der Waals surface area contributed by atoms with Crippen LogP contribution in [0.4, 0.5) is 18.9 Å². The molecule has 0 aliphatic heterocycles. The fraction of sp³-hybridized carbons (Fsp3) is 0.273. The van der Waals surface area contributed by atoms with Crippen LogP contribution in [-0.2, 0) is 6.18 Å². The van der Waals surface area contributed by atoms with Crippen molar-refractivity contribution in [2.24, 2.45) is 0 Å². The molecule has 0 radical (unpaired) electrons. The third-order valence-electron chi connectivity index (χ3n) is 1.91. The summed E-state index contributed by atoms with van der Waals surface area (Å²) in [4.78, 5) is 0. The van der Waals surface area contributed by atoms with Crippen LogP contribution in [0.1, 0.15) is 12.5 Å². The van der Waals surface area contributed by atoms with Crippen LogP contribution in [0.2, 0.25) is 0 Å². The number of nitrogens with two attached hydrogens (primary N) is 1.